The number of rotatable bonds is 2. The minimum Gasteiger partial charge on any atom is -0.487 e. The van der Waals surface area contributed by atoms with Gasteiger partial charge in [0.2, 0.25) is 0 Å². The molecule has 7 heteroatoms. The fourth-order valence-electron chi connectivity index (χ4n) is 3.85. The Hall–Kier alpha value is -3.74. The zero-order valence-corrected chi connectivity index (χ0v) is 17.0. The maximum absolute atomic E-state index is 13.1. The summed E-state index contributed by atoms with van der Waals surface area (Å²) in [5, 5.41) is 6.71. The van der Waals surface area contributed by atoms with Crippen LogP contribution in [0.1, 0.15) is 28.7 Å². The fourth-order valence-corrected chi connectivity index (χ4v) is 3.85. The molecular weight excluding hydrogens is 378 g/mol. The van der Waals surface area contributed by atoms with E-state index in [1.807, 2.05) is 57.2 Å². The highest BCUT2D eigenvalue weighted by atomic mass is 16.5. The number of carbonyl (C=O) groups excluding carboxylic acids is 1. The molecule has 0 aliphatic carbocycles. The molecule has 150 valence electrons. The third-order valence-corrected chi connectivity index (χ3v) is 5.39. The van der Waals surface area contributed by atoms with Crippen LogP contribution in [-0.4, -0.2) is 38.7 Å². The Morgan fingerprint density at radius 3 is 2.70 bits per heavy atom. The zero-order valence-electron chi connectivity index (χ0n) is 17.0. The molecule has 0 fully saturated rings. The minimum atomic E-state index is -0.145. The number of benzene rings is 1. The second kappa shape index (κ2) is 6.95. The number of hydrogen-bond donors (Lipinski definition) is 1. The summed E-state index contributed by atoms with van der Waals surface area (Å²) in [6, 6.07) is 13.8. The van der Waals surface area contributed by atoms with E-state index in [2.05, 4.69) is 21.2 Å². The lowest BCUT2D eigenvalue weighted by Crippen LogP contribution is -2.40. The summed E-state index contributed by atoms with van der Waals surface area (Å²) in [5.74, 6) is 0.349. The summed E-state index contributed by atoms with van der Waals surface area (Å²) in [7, 11) is 0. The largest absolute Gasteiger partial charge is 0.487 e. The minimum absolute atomic E-state index is 0.115. The van der Waals surface area contributed by atoms with E-state index in [-0.39, 0.29) is 11.9 Å². The summed E-state index contributed by atoms with van der Waals surface area (Å²) in [5.41, 5.74) is 6.79. The van der Waals surface area contributed by atoms with Crippen LogP contribution in [0.4, 0.5) is 5.69 Å². The lowest BCUT2D eigenvalue weighted by molar-refractivity contribution is 0.0976. The molecule has 0 radical (unpaired) electrons. The molecule has 1 atom stereocenters. The van der Waals surface area contributed by atoms with Crippen molar-refractivity contribution in [1.29, 1.82) is 0 Å². The number of carbonyl (C=O) groups is 1. The number of aromatic nitrogens is 4. The molecule has 0 saturated heterocycles. The number of aromatic amines is 1. The van der Waals surface area contributed by atoms with Crippen molar-refractivity contribution in [2.75, 3.05) is 11.5 Å². The topological polar surface area (TPSA) is 84.0 Å². The van der Waals surface area contributed by atoms with Crippen molar-refractivity contribution in [1.82, 2.24) is 20.2 Å². The molecule has 0 saturated carbocycles. The van der Waals surface area contributed by atoms with Crippen LogP contribution in [0.2, 0.25) is 0 Å². The van der Waals surface area contributed by atoms with E-state index >= 15 is 0 Å². The van der Waals surface area contributed by atoms with Crippen molar-refractivity contribution in [2.24, 2.45) is 0 Å². The predicted molar refractivity (Wildman–Crippen MR) is 115 cm³/mol. The second-order valence-electron chi connectivity index (χ2n) is 7.63. The Bertz CT molecular complexity index is 1280. The summed E-state index contributed by atoms with van der Waals surface area (Å²) in [4.78, 5) is 24.2. The van der Waals surface area contributed by atoms with E-state index in [0.717, 1.165) is 39.2 Å². The number of fused-ring (bicyclic) bond motifs is 2. The highest BCUT2D eigenvalue weighted by Crippen LogP contribution is 2.32. The van der Waals surface area contributed by atoms with Gasteiger partial charge in [0.15, 0.2) is 11.4 Å². The summed E-state index contributed by atoms with van der Waals surface area (Å²) < 4.78 is 5.73. The molecule has 0 spiro atoms. The molecule has 30 heavy (non-hydrogen) atoms. The normalized spacial score (nSPS) is 16.3. The number of amides is 1. The standard InChI is InChI=1S/C23H21N5O2/c1-13-10-16(17-7-8-18-19(26-17)6-4-14(2)25-18)5-9-20(13)28-15(3)12-30-21-11-24-27-22(21)23(28)29/h4-11,15H,12H2,1-3H3,(H,24,27). The first-order chi connectivity index (χ1) is 14.5. The number of anilines is 1. The number of H-pyrrole nitrogens is 1. The third kappa shape index (κ3) is 2.99. The average molecular weight is 399 g/mol. The molecule has 1 aliphatic heterocycles. The molecular formula is C23H21N5O2. The molecule has 1 amide bonds. The van der Waals surface area contributed by atoms with Crippen LogP contribution in [0.5, 0.6) is 5.75 Å². The number of nitrogens with one attached hydrogen (secondary N) is 1. The Balaban J connectivity index is 1.53. The van der Waals surface area contributed by atoms with Gasteiger partial charge in [0.1, 0.15) is 6.61 Å². The lowest BCUT2D eigenvalue weighted by atomic mass is 10.0. The van der Waals surface area contributed by atoms with E-state index < -0.39 is 0 Å². The number of pyridine rings is 2. The van der Waals surface area contributed by atoms with Gasteiger partial charge in [0.05, 0.1) is 29.0 Å². The van der Waals surface area contributed by atoms with Crippen molar-refractivity contribution in [3.05, 3.63) is 65.6 Å². The summed E-state index contributed by atoms with van der Waals surface area (Å²) >= 11 is 0. The van der Waals surface area contributed by atoms with Gasteiger partial charge in [-0.25, -0.2) is 4.98 Å². The first-order valence-corrected chi connectivity index (χ1v) is 9.86. The number of ether oxygens (including phenoxy) is 1. The second-order valence-corrected chi connectivity index (χ2v) is 7.63. The molecule has 1 unspecified atom stereocenters. The van der Waals surface area contributed by atoms with Gasteiger partial charge >= 0.3 is 0 Å². The van der Waals surface area contributed by atoms with Crippen LogP contribution in [0.15, 0.2) is 48.7 Å². The molecule has 1 N–H and O–H groups in total. The highest BCUT2D eigenvalue weighted by Gasteiger charge is 2.32. The molecule has 7 nitrogen and oxygen atoms in total. The summed E-state index contributed by atoms with van der Waals surface area (Å²) in [6.45, 7) is 6.35. The maximum atomic E-state index is 13.1. The van der Waals surface area contributed by atoms with Crippen molar-refractivity contribution in [3.63, 3.8) is 0 Å². The summed E-state index contributed by atoms with van der Waals surface area (Å²) in [6.07, 6.45) is 1.54. The van der Waals surface area contributed by atoms with Crippen LogP contribution in [0, 0.1) is 13.8 Å². The van der Waals surface area contributed by atoms with Crippen LogP contribution in [0.3, 0.4) is 0 Å². The Morgan fingerprint density at radius 1 is 1.07 bits per heavy atom. The number of nitrogens with zero attached hydrogens (tertiary/aromatic N) is 4. The lowest BCUT2D eigenvalue weighted by Gasteiger charge is -2.28. The van der Waals surface area contributed by atoms with E-state index in [0.29, 0.717) is 18.1 Å². The van der Waals surface area contributed by atoms with Gasteiger partial charge in [-0.15, -0.1) is 0 Å². The van der Waals surface area contributed by atoms with Gasteiger partial charge < -0.3 is 9.64 Å². The van der Waals surface area contributed by atoms with E-state index in [1.165, 1.54) is 0 Å². The Labute approximate surface area is 173 Å². The maximum Gasteiger partial charge on any atom is 0.280 e. The molecule has 4 aromatic rings. The van der Waals surface area contributed by atoms with Crippen molar-refractivity contribution < 1.29 is 9.53 Å². The van der Waals surface area contributed by atoms with Gasteiger partial charge in [-0.2, -0.15) is 5.10 Å². The molecule has 3 aromatic heterocycles. The van der Waals surface area contributed by atoms with Crippen molar-refractivity contribution in [3.8, 4) is 17.0 Å². The highest BCUT2D eigenvalue weighted by molar-refractivity contribution is 6.07. The molecule has 4 heterocycles. The van der Waals surface area contributed by atoms with Gasteiger partial charge in [0.25, 0.3) is 5.91 Å². The van der Waals surface area contributed by atoms with Gasteiger partial charge in [0, 0.05) is 16.9 Å². The van der Waals surface area contributed by atoms with E-state index in [1.54, 1.807) is 11.1 Å². The molecule has 1 aliphatic rings. The smallest absolute Gasteiger partial charge is 0.280 e. The van der Waals surface area contributed by atoms with Gasteiger partial charge in [-0.05, 0) is 62.7 Å². The SMILES string of the molecule is Cc1ccc2nc(-c3ccc(N4C(=O)c5[nH]ncc5OCC4C)c(C)c3)ccc2n1. The molecule has 5 rings (SSSR count). The van der Waals surface area contributed by atoms with E-state index in [4.69, 9.17) is 9.72 Å². The van der Waals surface area contributed by atoms with Gasteiger partial charge in [-0.3, -0.25) is 14.9 Å². The average Bonchev–Trinajstić information content (AvgIpc) is 3.17. The van der Waals surface area contributed by atoms with Crippen molar-refractivity contribution in [2.45, 2.75) is 26.8 Å². The van der Waals surface area contributed by atoms with E-state index in [9.17, 15) is 4.79 Å². The first-order valence-electron chi connectivity index (χ1n) is 9.86. The van der Waals surface area contributed by atoms with Crippen LogP contribution >= 0.6 is 0 Å². The van der Waals surface area contributed by atoms with Crippen molar-refractivity contribution >= 4 is 22.6 Å². The monoisotopic (exact) mass is 399 g/mol. The zero-order chi connectivity index (χ0) is 20.8. The van der Waals surface area contributed by atoms with Crippen LogP contribution < -0.4 is 9.64 Å². The van der Waals surface area contributed by atoms with Crippen LogP contribution in [0.25, 0.3) is 22.3 Å². The molecule has 1 aromatic carbocycles. The number of hydrogen-bond acceptors (Lipinski definition) is 5. The quantitative estimate of drug-likeness (QED) is 0.549. The van der Waals surface area contributed by atoms with Gasteiger partial charge in [-0.1, -0.05) is 6.07 Å². The fraction of sp³-hybridized carbons (Fsp3) is 0.217. The predicted octanol–water partition coefficient (Wildman–Crippen LogP) is 4.06. The first kappa shape index (κ1) is 18.3. The third-order valence-electron chi connectivity index (χ3n) is 5.39. The molecule has 0 bridgehead atoms. The Morgan fingerprint density at radius 2 is 1.87 bits per heavy atom. The van der Waals surface area contributed by atoms with Crippen LogP contribution in [-0.2, 0) is 0 Å². The Kier molecular flexibility index (Phi) is 4.24. The number of aryl methyl sites for hydroxylation is 2.